The predicted octanol–water partition coefficient (Wildman–Crippen LogP) is 2.35. The largest absolute Gasteiger partial charge is 0.350 e. The van der Waals surface area contributed by atoms with Crippen LogP contribution in [0.25, 0.3) is 0 Å². The highest BCUT2D eigenvalue weighted by Crippen LogP contribution is 2.12. The fourth-order valence-corrected chi connectivity index (χ4v) is 2.26. The molecule has 4 heteroatoms. The average Bonchev–Trinajstić information content (AvgIpc) is 2.75. The number of amides is 1. The van der Waals surface area contributed by atoms with E-state index in [9.17, 15) is 9.59 Å². The van der Waals surface area contributed by atoms with Crippen LogP contribution in [0.5, 0.6) is 0 Å². The number of nitrogens with one attached hydrogen (secondary N) is 1. The van der Waals surface area contributed by atoms with E-state index in [0.29, 0.717) is 24.2 Å². The zero-order chi connectivity index (χ0) is 14.5. The molecule has 0 spiro atoms. The van der Waals surface area contributed by atoms with Gasteiger partial charge in [0.1, 0.15) is 0 Å². The lowest BCUT2D eigenvalue weighted by Crippen LogP contribution is -2.27. The Bertz CT molecular complexity index is 615. The first-order valence-electron chi connectivity index (χ1n) is 6.58. The van der Waals surface area contributed by atoms with E-state index in [0.717, 1.165) is 17.7 Å². The van der Waals surface area contributed by atoms with Crippen molar-refractivity contribution in [3.63, 3.8) is 0 Å². The number of carbonyl (C=O) groups excluding carboxylic acids is 2. The van der Waals surface area contributed by atoms with E-state index in [2.05, 4.69) is 5.32 Å². The van der Waals surface area contributed by atoms with E-state index < -0.39 is 0 Å². The Kier molecular flexibility index (Phi) is 4.35. The van der Waals surface area contributed by atoms with Gasteiger partial charge in [-0.25, -0.2) is 0 Å². The fourth-order valence-electron chi connectivity index (χ4n) is 2.26. The summed E-state index contributed by atoms with van der Waals surface area (Å²) in [5.74, 6) is -0.0799. The first kappa shape index (κ1) is 14.1. The molecule has 0 saturated carbocycles. The Hall–Kier alpha value is -2.36. The highest BCUT2D eigenvalue weighted by molar-refractivity contribution is 5.94. The van der Waals surface area contributed by atoms with E-state index in [1.165, 1.54) is 0 Å². The third kappa shape index (κ3) is 2.96. The van der Waals surface area contributed by atoms with Crippen molar-refractivity contribution in [2.75, 3.05) is 6.54 Å². The first-order chi connectivity index (χ1) is 9.63. The summed E-state index contributed by atoms with van der Waals surface area (Å²) in [4.78, 5) is 22.8. The van der Waals surface area contributed by atoms with Crippen LogP contribution >= 0.6 is 0 Å². The first-order valence-corrected chi connectivity index (χ1v) is 6.58. The van der Waals surface area contributed by atoms with Gasteiger partial charge in [-0.2, -0.15) is 0 Å². The number of carbonyl (C=O) groups is 2. The van der Waals surface area contributed by atoms with Crippen molar-refractivity contribution in [1.82, 2.24) is 9.88 Å². The molecule has 0 unspecified atom stereocenters. The quantitative estimate of drug-likeness (QED) is 0.848. The van der Waals surface area contributed by atoms with Crippen molar-refractivity contribution in [3.05, 3.63) is 58.9 Å². The van der Waals surface area contributed by atoms with Gasteiger partial charge in [0.25, 0.3) is 5.91 Å². The van der Waals surface area contributed by atoms with Gasteiger partial charge in [0.15, 0.2) is 6.29 Å². The standard InChI is InChI=1S/C16H18N2O2/c1-12-10-15(11-19)13(2)18(12)9-8-17-16(20)14-6-4-3-5-7-14/h3-7,10-11H,8-9H2,1-2H3,(H,17,20). The summed E-state index contributed by atoms with van der Waals surface area (Å²) in [6.07, 6.45) is 0.862. The van der Waals surface area contributed by atoms with Gasteiger partial charge in [-0.1, -0.05) is 18.2 Å². The van der Waals surface area contributed by atoms with Crippen LogP contribution in [0.4, 0.5) is 0 Å². The molecule has 2 aromatic rings. The van der Waals surface area contributed by atoms with Crippen molar-refractivity contribution in [2.45, 2.75) is 20.4 Å². The molecule has 1 N–H and O–H groups in total. The third-order valence-electron chi connectivity index (χ3n) is 3.40. The van der Waals surface area contributed by atoms with Gasteiger partial charge in [0.2, 0.25) is 0 Å². The molecule has 20 heavy (non-hydrogen) atoms. The maximum Gasteiger partial charge on any atom is 0.251 e. The number of nitrogens with zero attached hydrogens (tertiary/aromatic N) is 1. The number of benzene rings is 1. The lowest BCUT2D eigenvalue weighted by atomic mass is 10.2. The van der Waals surface area contributed by atoms with Gasteiger partial charge in [0.05, 0.1) is 0 Å². The van der Waals surface area contributed by atoms with Crippen LogP contribution in [0.2, 0.25) is 0 Å². The van der Waals surface area contributed by atoms with E-state index in [4.69, 9.17) is 0 Å². The Labute approximate surface area is 118 Å². The second-order valence-corrected chi connectivity index (χ2v) is 4.72. The lowest BCUT2D eigenvalue weighted by Gasteiger charge is -2.10. The highest BCUT2D eigenvalue weighted by atomic mass is 16.1. The van der Waals surface area contributed by atoms with Crippen molar-refractivity contribution >= 4 is 12.2 Å². The average molecular weight is 270 g/mol. The Morgan fingerprint density at radius 3 is 2.55 bits per heavy atom. The molecular formula is C16H18N2O2. The second kappa shape index (κ2) is 6.19. The van der Waals surface area contributed by atoms with Gasteiger partial charge in [0, 0.05) is 35.6 Å². The topological polar surface area (TPSA) is 51.1 Å². The van der Waals surface area contributed by atoms with Crippen molar-refractivity contribution in [1.29, 1.82) is 0 Å². The molecule has 1 aromatic heterocycles. The summed E-state index contributed by atoms with van der Waals surface area (Å²) in [6.45, 7) is 5.06. The van der Waals surface area contributed by atoms with Crippen LogP contribution in [0.1, 0.15) is 32.1 Å². The minimum absolute atomic E-state index is 0.0799. The predicted molar refractivity (Wildman–Crippen MR) is 78.1 cm³/mol. The SMILES string of the molecule is Cc1cc(C=O)c(C)n1CCNC(=O)c1ccccc1. The molecule has 4 nitrogen and oxygen atoms in total. The molecule has 2 rings (SSSR count). The number of hydrogen-bond donors (Lipinski definition) is 1. The molecule has 0 aliphatic heterocycles. The molecular weight excluding hydrogens is 252 g/mol. The molecule has 0 atom stereocenters. The van der Waals surface area contributed by atoms with Crippen LogP contribution in [-0.4, -0.2) is 23.3 Å². The van der Waals surface area contributed by atoms with Crippen LogP contribution in [0.15, 0.2) is 36.4 Å². The van der Waals surface area contributed by atoms with Crippen LogP contribution in [0.3, 0.4) is 0 Å². The molecule has 0 aliphatic rings. The number of aromatic nitrogens is 1. The maximum atomic E-state index is 11.9. The van der Waals surface area contributed by atoms with Crippen LogP contribution < -0.4 is 5.32 Å². The van der Waals surface area contributed by atoms with Crippen LogP contribution in [0, 0.1) is 13.8 Å². The molecule has 104 valence electrons. The summed E-state index contributed by atoms with van der Waals surface area (Å²) in [6, 6.07) is 11.0. The van der Waals surface area contributed by atoms with Crippen LogP contribution in [-0.2, 0) is 6.54 Å². The zero-order valence-corrected chi connectivity index (χ0v) is 11.7. The molecule has 1 heterocycles. The van der Waals surface area contributed by atoms with Gasteiger partial charge in [-0.15, -0.1) is 0 Å². The molecule has 1 aromatic carbocycles. The van der Waals surface area contributed by atoms with Crippen molar-refractivity contribution < 1.29 is 9.59 Å². The Morgan fingerprint density at radius 1 is 1.25 bits per heavy atom. The van der Waals surface area contributed by atoms with Crippen molar-refractivity contribution in [2.24, 2.45) is 0 Å². The lowest BCUT2D eigenvalue weighted by molar-refractivity contribution is 0.0951. The molecule has 0 bridgehead atoms. The fraction of sp³-hybridized carbons (Fsp3) is 0.250. The van der Waals surface area contributed by atoms with E-state index in [1.807, 2.05) is 42.7 Å². The molecule has 0 saturated heterocycles. The smallest absolute Gasteiger partial charge is 0.251 e. The molecule has 0 aliphatic carbocycles. The normalized spacial score (nSPS) is 10.3. The molecule has 1 amide bonds. The third-order valence-corrected chi connectivity index (χ3v) is 3.40. The van der Waals surface area contributed by atoms with Gasteiger partial charge in [-0.3, -0.25) is 9.59 Å². The number of rotatable bonds is 5. The molecule has 0 fully saturated rings. The highest BCUT2D eigenvalue weighted by Gasteiger charge is 2.08. The Balaban J connectivity index is 1.95. The van der Waals surface area contributed by atoms with E-state index in [-0.39, 0.29) is 5.91 Å². The van der Waals surface area contributed by atoms with Crippen molar-refractivity contribution in [3.8, 4) is 0 Å². The minimum atomic E-state index is -0.0799. The van der Waals surface area contributed by atoms with Gasteiger partial charge in [-0.05, 0) is 32.0 Å². The number of aryl methyl sites for hydroxylation is 1. The maximum absolute atomic E-state index is 11.9. The van der Waals surface area contributed by atoms with E-state index >= 15 is 0 Å². The summed E-state index contributed by atoms with van der Waals surface area (Å²) in [5, 5.41) is 2.88. The summed E-state index contributed by atoms with van der Waals surface area (Å²) in [5.41, 5.74) is 3.32. The van der Waals surface area contributed by atoms with Gasteiger partial charge >= 0.3 is 0 Å². The summed E-state index contributed by atoms with van der Waals surface area (Å²) < 4.78 is 2.04. The monoisotopic (exact) mass is 270 g/mol. The number of hydrogen-bond acceptors (Lipinski definition) is 2. The van der Waals surface area contributed by atoms with Gasteiger partial charge < -0.3 is 9.88 Å². The zero-order valence-electron chi connectivity index (χ0n) is 11.7. The second-order valence-electron chi connectivity index (χ2n) is 4.72. The number of aldehydes is 1. The minimum Gasteiger partial charge on any atom is -0.350 e. The Morgan fingerprint density at radius 2 is 1.95 bits per heavy atom. The molecule has 0 radical (unpaired) electrons. The summed E-state index contributed by atoms with van der Waals surface area (Å²) >= 11 is 0. The van der Waals surface area contributed by atoms with E-state index in [1.54, 1.807) is 12.1 Å². The summed E-state index contributed by atoms with van der Waals surface area (Å²) in [7, 11) is 0.